The van der Waals surface area contributed by atoms with Crippen LogP contribution in [0, 0.1) is 5.92 Å². The Morgan fingerprint density at radius 1 is 1.41 bits per heavy atom. The van der Waals surface area contributed by atoms with Gasteiger partial charge in [0.25, 0.3) is 0 Å². The first-order valence-electron chi connectivity index (χ1n) is 6.58. The number of thiophene rings is 1. The summed E-state index contributed by atoms with van der Waals surface area (Å²) >= 11 is 1.90. The van der Waals surface area contributed by atoms with Crippen LogP contribution in [0.3, 0.4) is 0 Å². The fourth-order valence-corrected chi connectivity index (χ4v) is 4.15. The SMILES string of the molecule is CC1CN(C2CCCc3sccc32)CCC1=O. The summed E-state index contributed by atoms with van der Waals surface area (Å²) in [6, 6.07) is 2.88. The summed E-state index contributed by atoms with van der Waals surface area (Å²) in [5, 5.41) is 2.22. The Balaban J connectivity index is 1.80. The number of fused-ring (bicyclic) bond motifs is 1. The fraction of sp³-hybridized carbons (Fsp3) is 0.643. The van der Waals surface area contributed by atoms with E-state index >= 15 is 0 Å². The summed E-state index contributed by atoms with van der Waals surface area (Å²) < 4.78 is 0. The van der Waals surface area contributed by atoms with Crippen molar-refractivity contribution in [1.82, 2.24) is 4.90 Å². The molecule has 0 aromatic carbocycles. The molecule has 1 saturated heterocycles. The van der Waals surface area contributed by atoms with Gasteiger partial charge >= 0.3 is 0 Å². The van der Waals surface area contributed by atoms with Crippen molar-refractivity contribution in [2.75, 3.05) is 13.1 Å². The zero-order valence-corrected chi connectivity index (χ0v) is 11.1. The summed E-state index contributed by atoms with van der Waals surface area (Å²) in [6.45, 7) is 3.99. The van der Waals surface area contributed by atoms with E-state index in [1.165, 1.54) is 19.3 Å². The number of likely N-dealkylation sites (tertiary alicyclic amines) is 1. The Kier molecular flexibility index (Phi) is 3.05. The number of hydrogen-bond acceptors (Lipinski definition) is 3. The van der Waals surface area contributed by atoms with E-state index in [0.717, 1.165) is 19.5 Å². The molecule has 0 N–H and O–H groups in total. The third kappa shape index (κ3) is 2.06. The molecule has 0 radical (unpaired) electrons. The van der Waals surface area contributed by atoms with Crippen molar-refractivity contribution in [3.05, 3.63) is 21.9 Å². The molecule has 1 aromatic heterocycles. The summed E-state index contributed by atoms with van der Waals surface area (Å²) in [5.74, 6) is 0.676. The molecule has 1 aliphatic carbocycles. The molecule has 1 fully saturated rings. The number of rotatable bonds is 1. The number of carbonyl (C=O) groups is 1. The Morgan fingerprint density at radius 2 is 2.29 bits per heavy atom. The predicted octanol–water partition coefficient (Wildman–Crippen LogP) is 3.04. The van der Waals surface area contributed by atoms with Crippen molar-refractivity contribution in [2.45, 2.75) is 38.6 Å². The number of carbonyl (C=O) groups excluding carboxylic acids is 1. The van der Waals surface area contributed by atoms with E-state index in [1.54, 1.807) is 10.4 Å². The molecular weight excluding hydrogens is 230 g/mol. The molecule has 2 aliphatic rings. The molecule has 92 valence electrons. The molecule has 17 heavy (non-hydrogen) atoms. The van der Waals surface area contributed by atoms with E-state index < -0.39 is 0 Å². The second-order valence-electron chi connectivity index (χ2n) is 5.32. The molecule has 1 aliphatic heterocycles. The maximum atomic E-state index is 11.6. The van der Waals surface area contributed by atoms with Gasteiger partial charge < -0.3 is 0 Å². The third-order valence-electron chi connectivity index (χ3n) is 4.16. The lowest BCUT2D eigenvalue weighted by atomic mass is 9.89. The molecule has 2 heterocycles. The fourth-order valence-electron chi connectivity index (χ4n) is 3.17. The van der Waals surface area contributed by atoms with Crippen LogP contribution in [-0.2, 0) is 11.2 Å². The number of ketones is 1. The standard InChI is InChI=1S/C14H19NOS/c1-10-9-15(7-5-13(10)16)12-3-2-4-14-11(12)6-8-17-14/h6,8,10,12H,2-5,7,9H2,1H3. The van der Waals surface area contributed by atoms with Crippen molar-refractivity contribution >= 4 is 17.1 Å². The minimum absolute atomic E-state index is 0.229. The van der Waals surface area contributed by atoms with Crippen LogP contribution in [0.5, 0.6) is 0 Å². The minimum Gasteiger partial charge on any atom is -0.299 e. The lowest BCUT2D eigenvalue weighted by Crippen LogP contribution is -2.42. The van der Waals surface area contributed by atoms with E-state index in [1.807, 2.05) is 11.3 Å². The molecule has 2 atom stereocenters. The van der Waals surface area contributed by atoms with Crippen LogP contribution in [-0.4, -0.2) is 23.8 Å². The first-order chi connectivity index (χ1) is 8.25. The van der Waals surface area contributed by atoms with Gasteiger partial charge in [0.05, 0.1) is 0 Å². The Labute approximate surface area is 107 Å². The zero-order chi connectivity index (χ0) is 11.8. The van der Waals surface area contributed by atoms with Gasteiger partial charge in [-0.2, -0.15) is 0 Å². The normalized spacial score (nSPS) is 30.3. The van der Waals surface area contributed by atoms with E-state index in [4.69, 9.17) is 0 Å². The average Bonchev–Trinajstić information content (AvgIpc) is 2.80. The third-order valence-corrected chi connectivity index (χ3v) is 5.16. The van der Waals surface area contributed by atoms with Gasteiger partial charge in [-0.1, -0.05) is 6.92 Å². The highest BCUT2D eigenvalue weighted by Crippen LogP contribution is 2.38. The van der Waals surface area contributed by atoms with Gasteiger partial charge in [-0.25, -0.2) is 0 Å². The topological polar surface area (TPSA) is 20.3 Å². The number of hydrogen-bond donors (Lipinski definition) is 0. The average molecular weight is 249 g/mol. The van der Waals surface area contributed by atoms with Crippen molar-refractivity contribution in [3.8, 4) is 0 Å². The molecule has 2 nitrogen and oxygen atoms in total. The molecule has 2 unspecified atom stereocenters. The van der Waals surface area contributed by atoms with Crippen molar-refractivity contribution < 1.29 is 4.79 Å². The molecule has 0 spiro atoms. The van der Waals surface area contributed by atoms with Crippen LogP contribution in [0.1, 0.15) is 42.7 Å². The van der Waals surface area contributed by atoms with Gasteiger partial charge in [-0.3, -0.25) is 9.69 Å². The quantitative estimate of drug-likeness (QED) is 0.762. The molecular formula is C14H19NOS. The first kappa shape index (κ1) is 11.4. The van der Waals surface area contributed by atoms with Gasteiger partial charge in [0, 0.05) is 36.3 Å². The minimum atomic E-state index is 0.229. The van der Waals surface area contributed by atoms with Crippen LogP contribution in [0.25, 0.3) is 0 Å². The Hall–Kier alpha value is -0.670. The highest BCUT2D eigenvalue weighted by Gasteiger charge is 2.31. The lowest BCUT2D eigenvalue weighted by Gasteiger charge is -2.38. The van der Waals surface area contributed by atoms with Crippen LogP contribution in [0.15, 0.2) is 11.4 Å². The predicted molar refractivity (Wildman–Crippen MR) is 70.4 cm³/mol. The maximum Gasteiger partial charge on any atom is 0.138 e. The van der Waals surface area contributed by atoms with Crippen LogP contribution in [0.4, 0.5) is 0 Å². The highest BCUT2D eigenvalue weighted by atomic mass is 32.1. The van der Waals surface area contributed by atoms with Gasteiger partial charge in [-0.15, -0.1) is 11.3 Å². The number of nitrogens with zero attached hydrogens (tertiary/aromatic N) is 1. The highest BCUT2D eigenvalue weighted by molar-refractivity contribution is 7.10. The van der Waals surface area contributed by atoms with Gasteiger partial charge in [-0.05, 0) is 36.3 Å². The van der Waals surface area contributed by atoms with E-state index in [9.17, 15) is 4.79 Å². The Bertz CT molecular complexity index is 426. The van der Waals surface area contributed by atoms with Crippen LogP contribution >= 0.6 is 11.3 Å². The van der Waals surface area contributed by atoms with E-state index in [-0.39, 0.29) is 5.92 Å². The lowest BCUT2D eigenvalue weighted by molar-refractivity contribution is -0.126. The molecule has 0 saturated carbocycles. The molecule has 0 bridgehead atoms. The molecule has 1 aromatic rings. The van der Waals surface area contributed by atoms with Gasteiger partial charge in [0.15, 0.2) is 0 Å². The molecule has 3 heteroatoms. The summed E-state index contributed by atoms with van der Waals surface area (Å²) in [5.41, 5.74) is 1.54. The molecule has 3 rings (SSSR count). The van der Waals surface area contributed by atoms with Crippen molar-refractivity contribution in [1.29, 1.82) is 0 Å². The first-order valence-corrected chi connectivity index (χ1v) is 7.46. The maximum absolute atomic E-state index is 11.6. The smallest absolute Gasteiger partial charge is 0.138 e. The van der Waals surface area contributed by atoms with Crippen molar-refractivity contribution in [3.63, 3.8) is 0 Å². The summed E-state index contributed by atoms with van der Waals surface area (Å²) in [4.78, 5) is 15.7. The largest absolute Gasteiger partial charge is 0.299 e. The second kappa shape index (κ2) is 4.54. The van der Waals surface area contributed by atoms with Crippen molar-refractivity contribution in [2.24, 2.45) is 5.92 Å². The monoisotopic (exact) mass is 249 g/mol. The second-order valence-corrected chi connectivity index (χ2v) is 6.32. The number of Topliss-reactive ketones (excluding diaryl/α,β-unsaturated/α-hetero) is 1. The zero-order valence-electron chi connectivity index (χ0n) is 10.3. The van der Waals surface area contributed by atoms with Crippen LogP contribution in [0.2, 0.25) is 0 Å². The number of piperidine rings is 1. The van der Waals surface area contributed by atoms with Gasteiger partial charge in [0.1, 0.15) is 5.78 Å². The van der Waals surface area contributed by atoms with Gasteiger partial charge in [0.2, 0.25) is 0 Å². The Morgan fingerprint density at radius 3 is 3.12 bits per heavy atom. The van der Waals surface area contributed by atoms with E-state index in [2.05, 4.69) is 23.3 Å². The van der Waals surface area contributed by atoms with Crippen LogP contribution < -0.4 is 0 Å². The number of aryl methyl sites for hydroxylation is 1. The summed E-state index contributed by atoms with van der Waals surface area (Å²) in [7, 11) is 0. The molecule has 0 amide bonds. The summed E-state index contributed by atoms with van der Waals surface area (Å²) in [6.07, 6.45) is 4.57. The van der Waals surface area contributed by atoms with E-state index in [0.29, 0.717) is 11.8 Å².